The fourth-order valence-corrected chi connectivity index (χ4v) is 3.82. The highest BCUT2D eigenvalue weighted by atomic mass is 16.4. The first-order valence-corrected chi connectivity index (χ1v) is 7.36. The number of rotatable bonds is 4. The van der Waals surface area contributed by atoms with Gasteiger partial charge in [-0.15, -0.1) is 0 Å². The Kier molecular flexibility index (Phi) is 4.02. The molecule has 0 radical (unpaired) electrons. The van der Waals surface area contributed by atoms with Crippen molar-refractivity contribution in [3.63, 3.8) is 0 Å². The third-order valence-corrected chi connectivity index (χ3v) is 5.23. The van der Waals surface area contributed by atoms with E-state index in [1.807, 2.05) is 18.7 Å². The Balaban J connectivity index is 2.17. The summed E-state index contributed by atoms with van der Waals surface area (Å²) in [5.41, 5.74) is 4.98. The van der Waals surface area contributed by atoms with Gasteiger partial charge in [-0.25, -0.2) is 0 Å². The number of carbonyl (C=O) groups excluding carboxylic acids is 1. The number of hydrogen-bond donors (Lipinski definition) is 2. The predicted molar refractivity (Wildman–Crippen MR) is 73.8 cm³/mol. The summed E-state index contributed by atoms with van der Waals surface area (Å²) in [6.07, 6.45) is 4.92. The van der Waals surface area contributed by atoms with Crippen molar-refractivity contribution in [1.82, 2.24) is 4.90 Å². The van der Waals surface area contributed by atoms with Crippen LogP contribution in [0, 0.1) is 17.3 Å². The van der Waals surface area contributed by atoms with Crippen molar-refractivity contribution < 1.29 is 10.0 Å². The third kappa shape index (κ3) is 2.19. The Morgan fingerprint density at radius 2 is 1.84 bits per heavy atom. The molecule has 108 valence electrons. The third-order valence-electron chi connectivity index (χ3n) is 5.23. The minimum absolute atomic E-state index is 0.0437. The molecule has 1 heterocycles. The van der Waals surface area contributed by atoms with Crippen LogP contribution in [0.5, 0.6) is 0 Å². The molecule has 5 nitrogen and oxygen atoms in total. The smallest absolute Gasteiger partial charge is 0.236 e. The fourth-order valence-electron chi connectivity index (χ4n) is 3.82. The first kappa shape index (κ1) is 14.2. The molecule has 19 heavy (non-hydrogen) atoms. The van der Waals surface area contributed by atoms with Crippen LogP contribution in [0.15, 0.2) is 5.16 Å². The molecule has 2 rings (SSSR count). The highest BCUT2D eigenvalue weighted by Gasteiger charge is 2.47. The SMILES string of the molecule is CCC(CC)(C(=O)N1CC2CCCC2C1)C(N)=NO. The van der Waals surface area contributed by atoms with Crippen LogP contribution in [0.4, 0.5) is 0 Å². The molecule has 0 spiro atoms. The molecule has 0 aromatic rings. The second kappa shape index (κ2) is 5.39. The number of carbonyl (C=O) groups is 1. The van der Waals surface area contributed by atoms with Crippen molar-refractivity contribution in [3.05, 3.63) is 0 Å². The normalized spacial score (nSPS) is 27.7. The van der Waals surface area contributed by atoms with Crippen LogP contribution in [0.3, 0.4) is 0 Å². The average molecular weight is 267 g/mol. The molecule has 1 amide bonds. The number of nitrogens with zero attached hydrogens (tertiary/aromatic N) is 2. The number of amidine groups is 1. The van der Waals surface area contributed by atoms with E-state index in [0.29, 0.717) is 24.7 Å². The lowest BCUT2D eigenvalue weighted by atomic mass is 9.79. The second-order valence-corrected chi connectivity index (χ2v) is 5.94. The quantitative estimate of drug-likeness (QED) is 0.353. The maximum absolute atomic E-state index is 12.8. The summed E-state index contributed by atoms with van der Waals surface area (Å²) in [4.78, 5) is 14.8. The monoisotopic (exact) mass is 267 g/mol. The van der Waals surface area contributed by atoms with Gasteiger partial charge in [0.25, 0.3) is 0 Å². The zero-order chi connectivity index (χ0) is 14.0. The van der Waals surface area contributed by atoms with Gasteiger partial charge in [0.1, 0.15) is 5.41 Å². The fraction of sp³-hybridized carbons (Fsp3) is 0.857. The molecule has 1 aliphatic carbocycles. The van der Waals surface area contributed by atoms with E-state index < -0.39 is 5.41 Å². The van der Waals surface area contributed by atoms with Crippen molar-refractivity contribution in [1.29, 1.82) is 0 Å². The van der Waals surface area contributed by atoms with Crippen molar-refractivity contribution in [2.45, 2.75) is 46.0 Å². The summed E-state index contributed by atoms with van der Waals surface area (Å²) < 4.78 is 0. The van der Waals surface area contributed by atoms with Gasteiger partial charge in [-0.1, -0.05) is 25.4 Å². The predicted octanol–water partition coefficient (Wildman–Crippen LogP) is 1.80. The van der Waals surface area contributed by atoms with Gasteiger partial charge in [0.2, 0.25) is 5.91 Å². The van der Waals surface area contributed by atoms with Gasteiger partial charge >= 0.3 is 0 Å². The molecule has 2 atom stereocenters. The number of hydrogen-bond acceptors (Lipinski definition) is 3. The van der Waals surface area contributed by atoms with Gasteiger partial charge in [-0.3, -0.25) is 4.79 Å². The van der Waals surface area contributed by atoms with E-state index in [9.17, 15) is 4.79 Å². The van der Waals surface area contributed by atoms with Gasteiger partial charge in [0.15, 0.2) is 5.84 Å². The van der Waals surface area contributed by atoms with Crippen molar-refractivity contribution in [2.24, 2.45) is 28.1 Å². The molecule has 2 unspecified atom stereocenters. The Morgan fingerprint density at radius 1 is 1.32 bits per heavy atom. The topological polar surface area (TPSA) is 78.9 Å². The molecule has 1 saturated heterocycles. The van der Waals surface area contributed by atoms with Gasteiger partial charge in [0.05, 0.1) is 0 Å². The van der Waals surface area contributed by atoms with E-state index in [1.54, 1.807) is 0 Å². The maximum Gasteiger partial charge on any atom is 0.236 e. The van der Waals surface area contributed by atoms with E-state index >= 15 is 0 Å². The molecule has 0 aromatic heterocycles. The molecule has 1 aliphatic heterocycles. The number of oxime groups is 1. The van der Waals surface area contributed by atoms with Crippen LogP contribution in [0.25, 0.3) is 0 Å². The van der Waals surface area contributed by atoms with E-state index in [2.05, 4.69) is 5.16 Å². The largest absolute Gasteiger partial charge is 0.409 e. The first-order valence-electron chi connectivity index (χ1n) is 7.36. The number of likely N-dealkylation sites (tertiary alicyclic amines) is 1. The Hall–Kier alpha value is -1.26. The van der Waals surface area contributed by atoms with Crippen LogP contribution >= 0.6 is 0 Å². The van der Waals surface area contributed by atoms with Crippen molar-refractivity contribution >= 4 is 11.7 Å². The number of fused-ring (bicyclic) bond motifs is 1. The average Bonchev–Trinajstić information content (AvgIpc) is 3.00. The zero-order valence-corrected chi connectivity index (χ0v) is 11.9. The van der Waals surface area contributed by atoms with Crippen LogP contribution in [0.1, 0.15) is 46.0 Å². The Morgan fingerprint density at radius 3 is 2.26 bits per heavy atom. The molecule has 2 aliphatic rings. The van der Waals surface area contributed by atoms with Crippen LogP contribution in [-0.2, 0) is 4.79 Å². The zero-order valence-electron chi connectivity index (χ0n) is 11.9. The Labute approximate surface area is 114 Å². The van der Waals surface area contributed by atoms with E-state index in [-0.39, 0.29) is 11.7 Å². The van der Waals surface area contributed by atoms with E-state index in [4.69, 9.17) is 10.9 Å². The lowest BCUT2D eigenvalue weighted by Gasteiger charge is -2.33. The molecular weight excluding hydrogens is 242 g/mol. The summed E-state index contributed by atoms with van der Waals surface area (Å²) in [6.45, 7) is 5.56. The van der Waals surface area contributed by atoms with Crippen LogP contribution < -0.4 is 5.73 Å². The summed E-state index contributed by atoms with van der Waals surface area (Å²) in [6, 6.07) is 0. The molecule has 0 bridgehead atoms. The van der Waals surface area contributed by atoms with E-state index in [1.165, 1.54) is 19.3 Å². The maximum atomic E-state index is 12.8. The minimum Gasteiger partial charge on any atom is -0.409 e. The van der Waals surface area contributed by atoms with Crippen LogP contribution in [0.2, 0.25) is 0 Å². The molecule has 0 aromatic carbocycles. The van der Waals surface area contributed by atoms with Gasteiger partial charge < -0.3 is 15.8 Å². The minimum atomic E-state index is -0.826. The summed E-state index contributed by atoms with van der Waals surface area (Å²) in [7, 11) is 0. The number of amides is 1. The first-order chi connectivity index (χ1) is 9.08. The molecule has 5 heteroatoms. The highest BCUT2D eigenvalue weighted by molar-refractivity contribution is 6.06. The van der Waals surface area contributed by atoms with Crippen molar-refractivity contribution in [2.75, 3.05) is 13.1 Å². The van der Waals surface area contributed by atoms with Crippen molar-refractivity contribution in [3.8, 4) is 0 Å². The lowest BCUT2D eigenvalue weighted by Crippen LogP contribution is -2.50. The molecular formula is C14H25N3O2. The lowest BCUT2D eigenvalue weighted by molar-refractivity contribution is -0.138. The second-order valence-electron chi connectivity index (χ2n) is 5.94. The molecule has 3 N–H and O–H groups in total. The Bertz CT molecular complexity index is 365. The summed E-state index contributed by atoms with van der Waals surface area (Å²) >= 11 is 0. The number of nitrogens with two attached hydrogens (primary N) is 1. The van der Waals surface area contributed by atoms with Gasteiger partial charge in [-0.2, -0.15) is 0 Å². The summed E-state index contributed by atoms with van der Waals surface area (Å²) in [5, 5.41) is 12.1. The highest BCUT2D eigenvalue weighted by Crippen LogP contribution is 2.40. The van der Waals surface area contributed by atoms with Gasteiger partial charge in [0, 0.05) is 13.1 Å². The molecule has 2 fully saturated rings. The standard InChI is InChI=1S/C14H25N3O2/c1-3-14(4-2,12(15)16-19)13(18)17-8-10-6-5-7-11(10)9-17/h10-11,19H,3-9H2,1-2H3,(H2,15,16). The van der Waals surface area contributed by atoms with E-state index in [0.717, 1.165) is 13.1 Å². The van der Waals surface area contributed by atoms with Gasteiger partial charge in [-0.05, 0) is 37.5 Å². The van der Waals surface area contributed by atoms with Crippen LogP contribution in [-0.4, -0.2) is 34.9 Å². The molecule has 1 saturated carbocycles. The summed E-state index contributed by atoms with van der Waals surface area (Å²) in [5.74, 6) is 1.44.